The van der Waals surface area contributed by atoms with E-state index in [0.29, 0.717) is 5.92 Å². The number of piperidine rings is 1. The van der Waals surface area contributed by atoms with Crippen molar-refractivity contribution < 1.29 is 0 Å². The summed E-state index contributed by atoms with van der Waals surface area (Å²) in [5.41, 5.74) is 4.88. The zero-order valence-corrected chi connectivity index (χ0v) is 16.2. The van der Waals surface area contributed by atoms with Crippen molar-refractivity contribution in [2.24, 2.45) is 7.05 Å². The summed E-state index contributed by atoms with van der Waals surface area (Å²) in [6.07, 6.45) is 7.75. The molecule has 1 fully saturated rings. The Kier molecular flexibility index (Phi) is 4.79. The highest BCUT2D eigenvalue weighted by molar-refractivity contribution is 5.81. The second kappa shape index (κ2) is 7.39. The quantitative estimate of drug-likeness (QED) is 0.713. The Bertz CT molecular complexity index is 894. The van der Waals surface area contributed by atoms with Crippen LogP contribution in [-0.2, 0) is 7.05 Å². The van der Waals surface area contributed by atoms with Crippen LogP contribution in [0.25, 0.3) is 11.1 Å². The van der Waals surface area contributed by atoms with Crippen LogP contribution in [-0.4, -0.2) is 46.9 Å². The summed E-state index contributed by atoms with van der Waals surface area (Å²) in [6, 6.07) is 10.9. The maximum absolute atomic E-state index is 4.33. The minimum atomic E-state index is 0.483. The topological polar surface area (TPSA) is 50.1 Å². The van der Waals surface area contributed by atoms with Gasteiger partial charge in [0.2, 0.25) is 0 Å². The zero-order valence-electron chi connectivity index (χ0n) is 16.2. The van der Waals surface area contributed by atoms with Crippen LogP contribution in [0.2, 0.25) is 0 Å². The standard InChI is InChI=1S/C21H26N6/c1-25(2)18-6-7-20(19(13-18)17-5-4-10-22-14-17)27-11-8-16(9-12-27)21-24-23-15-26(21)3/h4-7,10,13-16H,8-9,11-12H2,1-3H3. The molecular formula is C21H26N6. The van der Waals surface area contributed by atoms with Crippen LogP contribution in [0.3, 0.4) is 0 Å². The van der Waals surface area contributed by atoms with Gasteiger partial charge in [-0.2, -0.15) is 0 Å². The number of nitrogens with zero attached hydrogens (tertiary/aromatic N) is 6. The van der Waals surface area contributed by atoms with Gasteiger partial charge < -0.3 is 14.4 Å². The normalized spacial score (nSPS) is 15.1. The van der Waals surface area contributed by atoms with Crippen LogP contribution in [0.15, 0.2) is 49.1 Å². The zero-order chi connectivity index (χ0) is 18.8. The van der Waals surface area contributed by atoms with E-state index >= 15 is 0 Å². The van der Waals surface area contributed by atoms with Crippen LogP contribution in [0.1, 0.15) is 24.6 Å². The molecule has 3 heterocycles. The number of aryl methyl sites for hydroxylation is 1. The summed E-state index contributed by atoms with van der Waals surface area (Å²) in [5.74, 6) is 1.58. The molecule has 6 heteroatoms. The number of rotatable bonds is 4. The summed E-state index contributed by atoms with van der Waals surface area (Å²) in [6.45, 7) is 2.04. The van der Waals surface area contributed by atoms with Crippen molar-refractivity contribution in [2.75, 3.05) is 37.0 Å². The van der Waals surface area contributed by atoms with Gasteiger partial charge in [0.1, 0.15) is 12.2 Å². The Hall–Kier alpha value is -2.89. The van der Waals surface area contributed by atoms with Gasteiger partial charge in [-0.05, 0) is 37.1 Å². The molecule has 0 N–H and O–H groups in total. The maximum atomic E-state index is 4.33. The third kappa shape index (κ3) is 3.52. The molecule has 140 valence electrons. The van der Waals surface area contributed by atoms with Gasteiger partial charge in [0.05, 0.1) is 0 Å². The lowest BCUT2D eigenvalue weighted by Gasteiger charge is -2.34. The van der Waals surface area contributed by atoms with Gasteiger partial charge in [0, 0.05) is 75.0 Å². The molecule has 0 spiro atoms. The van der Waals surface area contributed by atoms with Crippen molar-refractivity contribution in [2.45, 2.75) is 18.8 Å². The van der Waals surface area contributed by atoms with Crippen molar-refractivity contribution in [1.29, 1.82) is 0 Å². The summed E-state index contributed by atoms with van der Waals surface area (Å²) >= 11 is 0. The number of hydrogen-bond donors (Lipinski definition) is 0. The van der Waals surface area contributed by atoms with E-state index in [0.717, 1.165) is 37.3 Å². The van der Waals surface area contributed by atoms with Gasteiger partial charge in [0.25, 0.3) is 0 Å². The van der Waals surface area contributed by atoms with Gasteiger partial charge in [-0.3, -0.25) is 4.98 Å². The molecule has 0 bridgehead atoms. The lowest BCUT2D eigenvalue weighted by Crippen LogP contribution is -2.34. The van der Waals surface area contributed by atoms with E-state index in [9.17, 15) is 0 Å². The Morgan fingerprint density at radius 2 is 1.93 bits per heavy atom. The highest BCUT2D eigenvalue weighted by Gasteiger charge is 2.25. The first-order valence-electron chi connectivity index (χ1n) is 9.44. The minimum absolute atomic E-state index is 0.483. The molecule has 4 rings (SSSR count). The van der Waals surface area contributed by atoms with Gasteiger partial charge in [-0.15, -0.1) is 10.2 Å². The van der Waals surface area contributed by atoms with Crippen molar-refractivity contribution in [3.63, 3.8) is 0 Å². The number of hydrogen-bond acceptors (Lipinski definition) is 5. The Morgan fingerprint density at radius 3 is 2.56 bits per heavy atom. The molecule has 0 radical (unpaired) electrons. The van der Waals surface area contributed by atoms with Crippen LogP contribution >= 0.6 is 0 Å². The molecule has 0 aliphatic carbocycles. The van der Waals surface area contributed by atoms with Crippen molar-refractivity contribution >= 4 is 11.4 Å². The first-order valence-corrected chi connectivity index (χ1v) is 9.44. The summed E-state index contributed by atoms with van der Waals surface area (Å²) in [7, 11) is 6.19. The van der Waals surface area contributed by atoms with Gasteiger partial charge in [0.15, 0.2) is 0 Å². The summed E-state index contributed by atoms with van der Waals surface area (Å²) < 4.78 is 2.05. The van der Waals surface area contributed by atoms with Crippen molar-refractivity contribution in [1.82, 2.24) is 19.7 Å². The first-order chi connectivity index (χ1) is 13.1. The molecule has 2 aromatic heterocycles. The highest BCUT2D eigenvalue weighted by Crippen LogP contribution is 2.37. The maximum Gasteiger partial charge on any atom is 0.135 e. The Morgan fingerprint density at radius 1 is 1.11 bits per heavy atom. The molecular weight excluding hydrogens is 336 g/mol. The average Bonchev–Trinajstić information content (AvgIpc) is 3.14. The van der Waals surface area contributed by atoms with Gasteiger partial charge in [-0.1, -0.05) is 6.07 Å². The SMILES string of the molecule is CN(C)c1ccc(N2CCC(c3nncn3C)CC2)c(-c2cccnc2)c1. The fourth-order valence-electron chi connectivity index (χ4n) is 3.87. The number of benzene rings is 1. The minimum Gasteiger partial charge on any atom is -0.378 e. The molecule has 1 saturated heterocycles. The third-order valence-electron chi connectivity index (χ3n) is 5.42. The lowest BCUT2D eigenvalue weighted by atomic mass is 9.94. The second-order valence-electron chi connectivity index (χ2n) is 7.40. The van der Waals surface area contributed by atoms with E-state index in [-0.39, 0.29) is 0 Å². The van der Waals surface area contributed by atoms with E-state index in [1.807, 2.05) is 30.1 Å². The summed E-state index contributed by atoms with van der Waals surface area (Å²) in [5, 5.41) is 8.36. The molecule has 6 nitrogen and oxygen atoms in total. The molecule has 0 saturated carbocycles. The van der Waals surface area contributed by atoms with Gasteiger partial charge in [-0.25, -0.2) is 0 Å². The molecule has 0 unspecified atom stereocenters. The van der Waals surface area contributed by atoms with E-state index in [1.165, 1.54) is 16.9 Å². The number of pyridine rings is 1. The van der Waals surface area contributed by atoms with Crippen molar-refractivity contribution in [3.05, 3.63) is 54.9 Å². The Labute approximate surface area is 160 Å². The Balaban J connectivity index is 1.61. The monoisotopic (exact) mass is 362 g/mol. The van der Waals surface area contributed by atoms with Crippen LogP contribution in [0.4, 0.5) is 11.4 Å². The number of aromatic nitrogens is 4. The molecule has 1 aliphatic rings. The van der Waals surface area contributed by atoms with Crippen molar-refractivity contribution in [3.8, 4) is 11.1 Å². The molecule has 1 aliphatic heterocycles. The molecule has 0 atom stereocenters. The third-order valence-corrected chi connectivity index (χ3v) is 5.42. The van der Waals surface area contributed by atoms with E-state index in [2.05, 4.69) is 63.3 Å². The second-order valence-corrected chi connectivity index (χ2v) is 7.40. The van der Waals surface area contributed by atoms with E-state index < -0.39 is 0 Å². The average molecular weight is 362 g/mol. The molecule has 3 aromatic rings. The van der Waals surface area contributed by atoms with Crippen LogP contribution in [0.5, 0.6) is 0 Å². The van der Waals surface area contributed by atoms with Crippen LogP contribution in [0, 0.1) is 0 Å². The molecule has 27 heavy (non-hydrogen) atoms. The largest absolute Gasteiger partial charge is 0.378 e. The lowest BCUT2D eigenvalue weighted by molar-refractivity contribution is 0.474. The predicted octanol–water partition coefficient (Wildman–Crippen LogP) is 3.33. The predicted molar refractivity (Wildman–Crippen MR) is 109 cm³/mol. The molecule has 1 aromatic carbocycles. The first kappa shape index (κ1) is 17.5. The van der Waals surface area contributed by atoms with Gasteiger partial charge >= 0.3 is 0 Å². The molecule has 0 amide bonds. The van der Waals surface area contributed by atoms with E-state index in [4.69, 9.17) is 0 Å². The fraction of sp³-hybridized carbons (Fsp3) is 0.381. The summed E-state index contributed by atoms with van der Waals surface area (Å²) in [4.78, 5) is 8.96. The van der Waals surface area contributed by atoms with Crippen LogP contribution < -0.4 is 9.80 Å². The highest BCUT2D eigenvalue weighted by atomic mass is 15.3. The smallest absolute Gasteiger partial charge is 0.135 e. The van der Waals surface area contributed by atoms with E-state index in [1.54, 1.807) is 6.33 Å². The fourth-order valence-corrected chi connectivity index (χ4v) is 3.87. The number of anilines is 2.